The zero-order chi connectivity index (χ0) is 14.7. The lowest BCUT2D eigenvalue weighted by Crippen LogP contribution is -2.00. The summed E-state index contributed by atoms with van der Waals surface area (Å²) < 4.78 is 31.6. The van der Waals surface area contributed by atoms with Gasteiger partial charge >= 0.3 is 0 Å². The van der Waals surface area contributed by atoms with E-state index in [-0.39, 0.29) is 23.0 Å². The third-order valence-corrected chi connectivity index (χ3v) is 2.77. The minimum absolute atomic E-state index is 0.0746. The van der Waals surface area contributed by atoms with Gasteiger partial charge in [0.15, 0.2) is 23.1 Å². The molecule has 0 saturated heterocycles. The van der Waals surface area contributed by atoms with Gasteiger partial charge in [-0.2, -0.15) is 0 Å². The summed E-state index contributed by atoms with van der Waals surface area (Å²) in [5.74, 6) is -1.60. The molecule has 2 N–H and O–H groups in total. The zero-order valence-electron chi connectivity index (χ0n) is 10.8. The largest absolute Gasteiger partial charge is 0.452 e. The van der Waals surface area contributed by atoms with Crippen molar-refractivity contribution >= 4 is 11.5 Å². The van der Waals surface area contributed by atoms with Crippen molar-refractivity contribution < 1.29 is 18.3 Å². The molecule has 0 heterocycles. The lowest BCUT2D eigenvalue weighted by molar-refractivity contribution is 0.0988. The Balaban J connectivity index is 2.35. The fourth-order valence-corrected chi connectivity index (χ4v) is 1.68. The molecule has 2 rings (SSSR count). The molecule has 104 valence electrons. The highest BCUT2D eigenvalue weighted by Crippen LogP contribution is 2.30. The van der Waals surface area contributed by atoms with Crippen molar-refractivity contribution in [3.63, 3.8) is 0 Å². The third-order valence-electron chi connectivity index (χ3n) is 2.77. The maximum Gasteiger partial charge on any atom is 0.168 e. The van der Waals surface area contributed by atoms with Crippen LogP contribution in [0.3, 0.4) is 0 Å². The Morgan fingerprint density at radius 1 is 1.15 bits per heavy atom. The molecule has 2 aromatic rings. The van der Waals surface area contributed by atoms with Gasteiger partial charge in [-0.3, -0.25) is 4.79 Å². The fourth-order valence-electron chi connectivity index (χ4n) is 1.68. The van der Waals surface area contributed by atoms with Crippen LogP contribution in [0.2, 0.25) is 0 Å². The van der Waals surface area contributed by atoms with Crippen molar-refractivity contribution in [3.8, 4) is 11.5 Å². The molecule has 2 aromatic carbocycles. The van der Waals surface area contributed by atoms with E-state index in [1.165, 1.54) is 18.2 Å². The number of carbonyl (C=O) groups is 1. The average Bonchev–Trinajstić information content (AvgIpc) is 2.43. The monoisotopic (exact) mass is 277 g/mol. The van der Waals surface area contributed by atoms with Gasteiger partial charge in [0.05, 0.1) is 5.69 Å². The molecule has 0 spiro atoms. The summed E-state index contributed by atoms with van der Waals surface area (Å²) in [6, 6.07) is 7.50. The van der Waals surface area contributed by atoms with Crippen LogP contribution in [0.5, 0.6) is 11.5 Å². The molecule has 5 heteroatoms. The highest BCUT2D eigenvalue weighted by molar-refractivity contribution is 5.96. The van der Waals surface area contributed by atoms with E-state index in [2.05, 4.69) is 0 Å². The zero-order valence-corrected chi connectivity index (χ0v) is 10.8. The molecule has 0 aliphatic rings. The van der Waals surface area contributed by atoms with Gasteiger partial charge in [-0.15, -0.1) is 0 Å². The van der Waals surface area contributed by atoms with Crippen molar-refractivity contribution in [1.82, 2.24) is 0 Å². The van der Waals surface area contributed by atoms with Crippen LogP contribution in [0.25, 0.3) is 0 Å². The van der Waals surface area contributed by atoms with Gasteiger partial charge in [-0.05, 0) is 30.3 Å². The summed E-state index contributed by atoms with van der Waals surface area (Å²) in [6.45, 7) is 1.73. The minimum atomic E-state index is -0.836. The maximum atomic E-state index is 13.5. The highest BCUT2D eigenvalue weighted by Gasteiger charge is 2.11. The molecule has 0 aromatic heterocycles. The van der Waals surface area contributed by atoms with E-state index in [0.29, 0.717) is 18.1 Å². The number of ketones is 1. The Bertz CT molecular complexity index is 656. The molecule has 0 bridgehead atoms. The van der Waals surface area contributed by atoms with E-state index >= 15 is 0 Å². The van der Waals surface area contributed by atoms with Crippen molar-refractivity contribution in [2.75, 3.05) is 5.73 Å². The molecule has 0 fully saturated rings. The number of hydrogen-bond acceptors (Lipinski definition) is 3. The predicted octanol–water partition coefficient (Wildman–Crippen LogP) is 3.93. The van der Waals surface area contributed by atoms with E-state index in [9.17, 15) is 13.6 Å². The van der Waals surface area contributed by atoms with Gasteiger partial charge in [0.2, 0.25) is 0 Å². The van der Waals surface area contributed by atoms with E-state index in [1.54, 1.807) is 13.0 Å². The molecule has 0 aliphatic carbocycles. The Morgan fingerprint density at radius 3 is 2.55 bits per heavy atom. The summed E-state index contributed by atoms with van der Waals surface area (Å²) in [5.41, 5.74) is 6.42. The van der Waals surface area contributed by atoms with E-state index in [1.807, 2.05) is 0 Å². The van der Waals surface area contributed by atoms with Crippen LogP contribution in [0.15, 0.2) is 36.4 Å². The minimum Gasteiger partial charge on any atom is -0.452 e. The first-order chi connectivity index (χ1) is 9.51. The molecule has 20 heavy (non-hydrogen) atoms. The summed E-state index contributed by atoms with van der Waals surface area (Å²) in [6.07, 6.45) is 0.342. The second-order valence-electron chi connectivity index (χ2n) is 4.21. The predicted molar refractivity (Wildman–Crippen MR) is 71.9 cm³/mol. The Morgan fingerprint density at radius 2 is 1.90 bits per heavy atom. The summed E-state index contributed by atoms with van der Waals surface area (Å²) in [4.78, 5) is 11.6. The second-order valence-corrected chi connectivity index (χ2v) is 4.21. The number of hydrogen-bond donors (Lipinski definition) is 1. The Kier molecular flexibility index (Phi) is 3.98. The summed E-state index contributed by atoms with van der Waals surface area (Å²) >= 11 is 0. The van der Waals surface area contributed by atoms with Crippen molar-refractivity contribution in [2.45, 2.75) is 13.3 Å². The first-order valence-electron chi connectivity index (χ1n) is 6.07. The maximum absolute atomic E-state index is 13.5. The lowest BCUT2D eigenvalue weighted by atomic mass is 10.1. The SMILES string of the molecule is CCC(=O)c1ccc(N)c(Oc2ccc(F)cc2F)c1. The number of nitrogen functional groups attached to an aromatic ring is 1. The second kappa shape index (κ2) is 5.69. The Labute approximate surface area is 115 Å². The Hall–Kier alpha value is -2.43. The number of carbonyl (C=O) groups excluding carboxylic acids is 1. The molecule has 0 amide bonds. The van der Waals surface area contributed by atoms with Gasteiger partial charge in [0.25, 0.3) is 0 Å². The number of halogens is 2. The molecule has 0 atom stereocenters. The number of Topliss-reactive ketones (excluding diaryl/α,β-unsaturated/α-hetero) is 1. The van der Waals surface area contributed by atoms with Crippen LogP contribution >= 0.6 is 0 Å². The standard InChI is InChI=1S/C15H13F2NO2/c1-2-13(19)9-3-5-12(18)15(7-9)20-14-6-4-10(16)8-11(14)17/h3-8H,2,18H2,1H3. The molecule has 0 saturated carbocycles. The van der Waals surface area contributed by atoms with E-state index in [4.69, 9.17) is 10.5 Å². The van der Waals surface area contributed by atoms with Gasteiger partial charge in [-0.1, -0.05) is 6.92 Å². The normalized spacial score (nSPS) is 10.3. The van der Waals surface area contributed by atoms with Gasteiger partial charge in [-0.25, -0.2) is 8.78 Å². The summed E-state index contributed by atoms with van der Waals surface area (Å²) in [7, 11) is 0. The van der Waals surface area contributed by atoms with Gasteiger partial charge < -0.3 is 10.5 Å². The first kappa shape index (κ1) is 14.0. The molecule has 3 nitrogen and oxygen atoms in total. The van der Waals surface area contributed by atoms with Crippen molar-refractivity contribution in [3.05, 3.63) is 53.6 Å². The van der Waals surface area contributed by atoms with Crippen LogP contribution in [0.1, 0.15) is 23.7 Å². The highest BCUT2D eigenvalue weighted by atomic mass is 19.1. The fraction of sp³-hybridized carbons (Fsp3) is 0.133. The number of benzene rings is 2. The number of ether oxygens (including phenoxy) is 1. The first-order valence-corrected chi connectivity index (χ1v) is 6.07. The number of nitrogens with two attached hydrogens (primary N) is 1. The molecular formula is C15H13F2NO2. The lowest BCUT2D eigenvalue weighted by Gasteiger charge is -2.10. The number of anilines is 1. The molecule has 0 unspecified atom stereocenters. The van der Waals surface area contributed by atoms with Crippen LogP contribution < -0.4 is 10.5 Å². The van der Waals surface area contributed by atoms with Gasteiger partial charge in [0, 0.05) is 18.1 Å². The van der Waals surface area contributed by atoms with Crippen molar-refractivity contribution in [1.29, 1.82) is 0 Å². The molecule has 0 radical (unpaired) electrons. The molecular weight excluding hydrogens is 264 g/mol. The summed E-state index contributed by atoms with van der Waals surface area (Å²) in [5, 5.41) is 0. The van der Waals surface area contributed by atoms with E-state index in [0.717, 1.165) is 6.07 Å². The smallest absolute Gasteiger partial charge is 0.168 e. The average molecular weight is 277 g/mol. The van der Waals surface area contributed by atoms with E-state index < -0.39 is 11.6 Å². The number of rotatable bonds is 4. The van der Waals surface area contributed by atoms with Gasteiger partial charge in [0.1, 0.15) is 5.82 Å². The van der Waals surface area contributed by atoms with Crippen molar-refractivity contribution in [2.24, 2.45) is 0 Å². The van der Waals surface area contributed by atoms with Crippen LogP contribution in [0.4, 0.5) is 14.5 Å². The topological polar surface area (TPSA) is 52.3 Å². The quantitative estimate of drug-likeness (QED) is 0.680. The third kappa shape index (κ3) is 2.93. The van der Waals surface area contributed by atoms with Crippen LogP contribution in [-0.2, 0) is 0 Å². The van der Waals surface area contributed by atoms with Crippen LogP contribution in [0, 0.1) is 11.6 Å². The van der Waals surface area contributed by atoms with Crippen LogP contribution in [-0.4, -0.2) is 5.78 Å². The molecule has 0 aliphatic heterocycles.